The van der Waals surface area contributed by atoms with Gasteiger partial charge in [-0.3, -0.25) is 0 Å². The second kappa shape index (κ2) is 7.13. The number of fused-ring (bicyclic) bond motifs is 1. The summed E-state index contributed by atoms with van der Waals surface area (Å²) in [6.07, 6.45) is 2.90. The average molecular weight is 288 g/mol. The van der Waals surface area contributed by atoms with E-state index in [1.54, 1.807) is 4.90 Å². The summed E-state index contributed by atoms with van der Waals surface area (Å²) in [5.74, 6) is 0. The van der Waals surface area contributed by atoms with E-state index in [4.69, 9.17) is 0 Å². The Balaban J connectivity index is 1.84. The minimum Gasteiger partial charge on any atom is -0.361 e. The Labute approximate surface area is 125 Å². The van der Waals surface area contributed by atoms with E-state index in [0.717, 1.165) is 36.0 Å². The highest BCUT2D eigenvalue weighted by atomic mass is 16.2. The quantitative estimate of drug-likeness (QED) is 0.856. The lowest BCUT2D eigenvalue weighted by Gasteiger charge is -2.19. The van der Waals surface area contributed by atoms with Gasteiger partial charge in [-0.1, -0.05) is 12.1 Å². The summed E-state index contributed by atoms with van der Waals surface area (Å²) in [6.45, 7) is 2.30. The Morgan fingerprint density at radius 2 is 2.00 bits per heavy atom. The van der Waals surface area contributed by atoms with Crippen LogP contribution in [-0.4, -0.2) is 55.0 Å². The summed E-state index contributed by atoms with van der Waals surface area (Å²) in [5, 5.41) is 4.14. The SMILES string of the molecule is CN(C)CCCN(C)C(=O)NCc1cccc2[nH]ccc12. The highest BCUT2D eigenvalue weighted by molar-refractivity contribution is 5.83. The van der Waals surface area contributed by atoms with Crippen molar-refractivity contribution >= 4 is 16.9 Å². The van der Waals surface area contributed by atoms with Crippen LogP contribution in [0.5, 0.6) is 0 Å². The lowest BCUT2D eigenvalue weighted by molar-refractivity contribution is 0.206. The number of nitrogens with zero attached hydrogens (tertiary/aromatic N) is 2. The van der Waals surface area contributed by atoms with Crippen molar-refractivity contribution in [2.45, 2.75) is 13.0 Å². The van der Waals surface area contributed by atoms with Crippen molar-refractivity contribution in [1.82, 2.24) is 20.1 Å². The van der Waals surface area contributed by atoms with Crippen LogP contribution in [0.4, 0.5) is 4.79 Å². The fourth-order valence-electron chi connectivity index (χ4n) is 2.34. The van der Waals surface area contributed by atoms with Crippen LogP contribution in [0.3, 0.4) is 0 Å². The molecule has 2 aromatic rings. The van der Waals surface area contributed by atoms with E-state index in [0.29, 0.717) is 6.54 Å². The fourth-order valence-corrected chi connectivity index (χ4v) is 2.34. The van der Waals surface area contributed by atoms with Gasteiger partial charge < -0.3 is 20.1 Å². The van der Waals surface area contributed by atoms with Crippen LogP contribution in [0.15, 0.2) is 30.5 Å². The molecule has 1 heterocycles. The maximum atomic E-state index is 12.1. The van der Waals surface area contributed by atoms with Gasteiger partial charge in [0.05, 0.1) is 0 Å². The molecule has 2 rings (SSSR count). The minimum atomic E-state index is -0.0266. The van der Waals surface area contributed by atoms with E-state index in [-0.39, 0.29) is 6.03 Å². The molecule has 114 valence electrons. The van der Waals surface area contributed by atoms with Gasteiger partial charge in [0.15, 0.2) is 0 Å². The molecule has 0 aliphatic heterocycles. The number of H-pyrrole nitrogens is 1. The van der Waals surface area contributed by atoms with E-state index >= 15 is 0 Å². The molecule has 1 aromatic carbocycles. The Morgan fingerprint density at radius 1 is 1.19 bits per heavy atom. The van der Waals surface area contributed by atoms with Gasteiger partial charge in [0.2, 0.25) is 0 Å². The molecule has 2 amide bonds. The van der Waals surface area contributed by atoms with Crippen LogP contribution < -0.4 is 5.32 Å². The van der Waals surface area contributed by atoms with Gasteiger partial charge in [0.1, 0.15) is 0 Å². The number of amides is 2. The van der Waals surface area contributed by atoms with E-state index in [9.17, 15) is 4.79 Å². The number of rotatable bonds is 6. The molecule has 0 atom stereocenters. The van der Waals surface area contributed by atoms with Gasteiger partial charge in [-0.25, -0.2) is 4.79 Å². The second-order valence-electron chi connectivity index (χ2n) is 5.59. The first-order chi connectivity index (χ1) is 10.1. The first kappa shape index (κ1) is 15.4. The van der Waals surface area contributed by atoms with Gasteiger partial charge in [0.25, 0.3) is 0 Å². The molecule has 0 saturated heterocycles. The topological polar surface area (TPSA) is 51.4 Å². The summed E-state index contributed by atoms with van der Waals surface area (Å²) in [5.41, 5.74) is 2.23. The molecule has 0 saturated carbocycles. The third kappa shape index (κ3) is 4.23. The van der Waals surface area contributed by atoms with Gasteiger partial charge in [0, 0.05) is 37.2 Å². The molecule has 0 unspecified atom stereocenters. The number of carbonyl (C=O) groups is 1. The average Bonchev–Trinajstić information content (AvgIpc) is 2.93. The summed E-state index contributed by atoms with van der Waals surface area (Å²) >= 11 is 0. The number of nitrogens with one attached hydrogen (secondary N) is 2. The number of carbonyl (C=O) groups excluding carboxylic acids is 1. The van der Waals surface area contributed by atoms with Gasteiger partial charge in [-0.15, -0.1) is 0 Å². The Kier molecular flexibility index (Phi) is 5.22. The molecule has 1 aromatic heterocycles. The molecule has 5 heteroatoms. The third-order valence-electron chi connectivity index (χ3n) is 3.56. The number of aromatic amines is 1. The first-order valence-electron chi connectivity index (χ1n) is 7.26. The van der Waals surface area contributed by atoms with Crippen molar-refractivity contribution in [1.29, 1.82) is 0 Å². The standard InChI is InChI=1S/C16H24N4O/c1-19(2)10-5-11-20(3)16(21)18-12-13-6-4-7-15-14(13)8-9-17-15/h4,6-9,17H,5,10-12H2,1-3H3,(H,18,21). The molecule has 21 heavy (non-hydrogen) atoms. The number of urea groups is 1. The number of hydrogen-bond donors (Lipinski definition) is 2. The van der Waals surface area contributed by atoms with Crippen molar-refractivity contribution in [3.8, 4) is 0 Å². The monoisotopic (exact) mass is 288 g/mol. The molecular weight excluding hydrogens is 264 g/mol. The Bertz CT molecular complexity index is 591. The number of hydrogen-bond acceptors (Lipinski definition) is 2. The van der Waals surface area contributed by atoms with Crippen LogP contribution in [-0.2, 0) is 6.54 Å². The Hall–Kier alpha value is -2.01. The highest BCUT2D eigenvalue weighted by Gasteiger charge is 2.09. The largest absolute Gasteiger partial charge is 0.361 e. The molecule has 0 aliphatic carbocycles. The number of benzene rings is 1. The third-order valence-corrected chi connectivity index (χ3v) is 3.56. The van der Waals surface area contributed by atoms with Crippen molar-refractivity contribution in [2.24, 2.45) is 0 Å². The molecule has 0 spiro atoms. The van der Waals surface area contributed by atoms with E-state index < -0.39 is 0 Å². The summed E-state index contributed by atoms with van der Waals surface area (Å²) in [4.78, 5) is 19.1. The molecule has 0 radical (unpaired) electrons. The molecule has 2 N–H and O–H groups in total. The van der Waals surface area contributed by atoms with Gasteiger partial charge in [-0.2, -0.15) is 0 Å². The first-order valence-corrected chi connectivity index (χ1v) is 7.26. The van der Waals surface area contributed by atoms with E-state index in [1.807, 2.05) is 51.6 Å². The zero-order valence-electron chi connectivity index (χ0n) is 13.0. The normalized spacial score (nSPS) is 11.0. The lowest BCUT2D eigenvalue weighted by Crippen LogP contribution is -2.38. The smallest absolute Gasteiger partial charge is 0.317 e. The molecule has 0 fully saturated rings. The summed E-state index contributed by atoms with van der Waals surface area (Å²) < 4.78 is 0. The van der Waals surface area contributed by atoms with Crippen molar-refractivity contribution in [2.75, 3.05) is 34.2 Å². The zero-order valence-corrected chi connectivity index (χ0v) is 13.0. The Morgan fingerprint density at radius 3 is 2.76 bits per heavy atom. The molecule has 0 bridgehead atoms. The molecular formula is C16H24N4O. The maximum absolute atomic E-state index is 12.1. The summed E-state index contributed by atoms with van der Waals surface area (Å²) in [7, 11) is 5.91. The highest BCUT2D eigenvalue weighted by Crippen LogP contribution is 2.16. The predicted octanol–water partition coefficient (Wildman–Crippen LogP) is 2.26. The fraction of sp³-hybridized carbons (Fsp3) is 0.438. The van der Waals surface area contributed by atoms with Crippen molar-refractivity contribution < 1.29 is 4.79 Å². The van der Waals surface area contributed by atoms with Crippen LogP contribution in [0.2, 0.25) is 0 Å². The maximum Gasteiger partial charge on any atom is 0.317 e. The minimum absolute atomic E-state index is 0.0266. The number of aromatic nitrogens is 1. The van der Waals surface area contributed by atoms with Crippen LogP contribution in [0, 0.1) is 0 Å². The van der Waals surface area contributed by atoms with Crippen LogP contribution in [0.25, 0.3) is 10.9 Å². The van der Waals surface area contributed by atoms with Gasteiger partial charge in [-0.05, 0) is 44.8 Å². The van der Waals surface area contributed by atoms with Crippen molar-refractivity contribution in [3.05, 3.63) is 36.0 Å². The zero-order chi connectivity index (χ0) is 15.2. The van der Waals surface area contributed by atoms with E-state index in [2.05, 4.69) is 15.2 Å². The molecule has 0 aliphatic rings. The van der Waals surface area contributed by atoms with Crippen LogP contribution >= 0.6 is 0 Å². The second-order valence-corrected chi connectivity index (χ2v) is 5.59. The van der Waals surface area contributed by atoms with E-state index in [1.165, 1.54) is 0 Å². The lowest BCUT2D eigenvalue weighted by atomic mass is 10.1. The van der Waals surface area contributed by atoms with Gasteiger partial charge >= 0.3 is 6.03 Å². The molecule has 5 nitrogen and oxygen atoms in total. The van der Waals surface area contributed by atoms with Crippen LogP contribution in [0.1, 0.15) is 12.0 Å². The predicted molar refractivity (Wildman–Crippen MR) is 86.3 cm³/mol. The summed E-state index contributed by atoms with van der Waals surface area (Å²) in [6, 6.07) is 8.09. The van der Waals surface area contributed by atoms with Crippen molar-refractivity contribution in [3.63, 3.8) is 0 Å².